The monoisotopic (exact) mass is 442 g/mol. The van der Waals surface area contributed by atoms with Crippen LogP contribution in [0.4, 0.5) is 0 Å². The van der Waals surface area contributed by atoms with Gasteiger partial charge in [-0.2, -0.15) is 0 Å². The third-order valence-electron chi connectivity index (χ3n) is 5.63. The Labute approximate surface area is 192 Å². The molecule has 2 unspecified atom stereocenters. The van der Waals surface area contributed by atoms with Gasteiger partial charge in [-0.25, -0.2) is 0 Å². The molecule has 1 N–H and O–H groups in total. The molecule has 1 aliphatic rings. The van der Waals surface area contributed by atoms with E-state index in [0.29, 0.717) is 43.5 Å². The summed E-state index contributed by atoms with van der Waals surface area (Å²) in [5.41, 5.74) is 1.86. The first-order chi connectivity index (χ1) is 15.7. The number of benzene rings is 2. The minimum atomic E-state index is -0.649. The van der Waals surface area contributed by atoms with Crippen LogP contribution in [0.5, 0.6) is 23.0 Å². The van der Waals surface area contributed by atoms with Gasteiger partial charge < -0.3 is 24.1 Å². The molecule has 5 nitrogen and oxygen atoms in total. The number of para-hydroxylation sites is 1. The van der Waals surface area contributed by atoms with E-state index < -0.39 is 12.2 Å². The highest BCUT2D eigenvalue weighted by molar-refractivity contribution is 5.55. The van der Waals surface area contributed by atoms with Crippen molar-refractivity contribution in [2.75, 3.05) is 19.8 Å². The molecule has 5 heteroatoms. The summed E-state index contributed by atoms with van der Waals surface area (Å²) in [4.78, 5) is 0. The maximum absolute atomic E-state index is 10.9. The lowest BCUT2D eigenvalue weighted by molar-refractivity contribution is 0.0205. The van der Waals surface area contributed by atoms with Gasteiger partial charge in [0.1, 0.15) is 5.75 Å². The number of unbranched alkanes of at least 4 members (excludes halogenated alkanes) is 3. The van der Waals surface area contributed by atoms with Crippen LogP contribution in [0.1, 0.15) is 76.5 Å². The normalized spacial score (nSPS) is 17.4. The van der Waals surface area contributed by atoms with E-state index in [4.69, 9.17) is 18.9 Å². The second kappa shape index (κ2) is 12.6. The minimum Gasteiger partial charge on any atom is -0.490 e. The fourth-order valence-corrected chi connectivity index (χ4v) is 3.71. The fraction of sp³-hybridized carbons (Fsp3) is 0.556. The predicted octanol–water partition coefficient (Wildman–Crippen LogP) is 6.26. The standard InChI is InChI=1S/C27H38O5/c1-4-7-14-29-24-18-21(26-22(28)17-20-12-10-11-13-23(20)32-26)19-25(30-15-8-5-2)27(24)31-16-9-6-3/h10-13,18-19,22,26,28H,4-9,14-17H2,1-3H3. The summed E-state index contributed by atoms with van der Waals surface area (Å²) < 4.78 is 24.7. The average molecular weight is 443 g/mol. The van der Waals surface area contributed by atoms with Crippen LogP contribution in [0, 0.1) is 0 Å². The second-order valence-electron chi connectivity index (χ2n) is 8.37. The Bertz CT molecular complexity index is 804. The van der Waals surface area contributed by atoms with Gasteiger partial charge in [0.05, 0.1) is 25.9 Å². The zero-order chi connectivity index (χ0) is 22.8. The molecule has 32 heavy (non-hydrogen) atoms. The van der Waals surface area contributed by atoms with E-state index in [0.717, 1.165) is 55.4 Å². The summed E-state index contributed by atoms with van der Waals surface area (Å²) in [5, 5.41) is 10.9. The number of hydrogen-bond donors (Lipinski definition) is 1. The lowest BCUT2D eigenvalue weighted by atomic mass is 9.94. The van der Waals surface area contributed by atoms with E-state index in [2.05, 4.69) is 20.8 Å². The van der Waals surface area contributed by atoms with E-state index in [9.17, 15) is 5.11 Å². The van der Waals surface area contributed by atoms with Crippen LogP contribution >= 0.6 is 0 Å². The molecule has 2 aromatic rings. The molecule has 0 saturated heterocycles. The third kappa shape index (κ3) is 6.32. The van der Waals surface area contributed by atoms with Gasteiger partial charge in [-0.3, -0.25) is 0 Å². The highest BCUT2D eigenvalue weighted by Crippen LogP contribution is 2.44. The highest BCUT2D eigenvalue weighted by Gasteiger charge is 2.31. The molecule has 0 fully saturated rings. The van der Waals surface area contributed by atoms with Crippen molar-refractivity contribution in [3.63, 3.8) is 0 Å². The Morgan fingerprint density at radius 2 is 1.41 bits per heavy atom. The molecule has 0 aromatic heterocycles. The van der Waals surface area contributed by atoms with Crippen molar-refractivity contribution in [3.8, 4) is 23.0 Å². The van der Waals surface area contributed by atoms with Crippen LogP contribution in [-0.4, -0.2) is 31.0 Å². The molecule has 2 atom stereocenters. The topological polar surface area (TPSA) is 57.2 Å². The summed E-state index contributed by atoms with van der Waals surface area (Å²) >= 11 is 0. The summed E-state index contributed by atoms with van der Waals surface area (Å²) in [6, 6.07) is 11.8. The molecule has 3 rings (SSSR count). The molecule has 2 aromatic carbocycles. The molecule has 0 spiro atoms. The van der Waals surface area contributed by atoms with E-state index in [1.165, 1.54) is 0 Å². The van der Waals surface area contributed by atoms with Crippen LogP contribution in [-0.2, 0) is 6.42 Å². The predicted molar refractivity (Wildman–Crippen MR) is 127 cm³/mol. The highest BCUT2D eigenvalue weighted by atomic mass is 16.5. The van der Waals surface area contributed by atoms with Gasteiger partial charge in [-0.1, -0.05) is 58.2 Å². The molecular formula is C27H38O5. The Hall–Kier alpha value is -2.40. The quantitative estimate of drug-likeness (QED) is 0.371. The van der Waals surface area contributed by atoms with Crippen molar-refractivity contribution in [1.29, 1.82) is 0 Å². The maximum Gasteiger partial charge on any atom is 0.203 e. The van der Waals surface area contributed by atoms with Crippen molar-refractivity contribution in [1.82, 2.24) is 0 Å². The SMILES string of the molecule is CCCCOc1cc(C2Oc3ccccc3CC2O)cc(OCCCC)c1OCCCC. The number of rotatable bonds is 13. The first-order valence-corrected chi connectivity index (χ1v) is 12.2. The smallest absolute Gasteiger partial charge is 0.203 e. The molecule has 1 aliphatic heterocycles. The van der Waals surface area contributed by atoms with Gasteiger partial charge in [0.25, 0.3) is 0 Å². The van der Waals surface area contributed by atoms with Gasteiger partial charge in [0, 0.05) is 12.0 Å². The van der Waals surface area contributed by atoms with Crippen LogP contribution < -0.4 is 18.9 Å². The molecule has 0 radical (unpaired) electrons. The van der Waals surface area contributed by atoms with Gasteiger partial charge >= 0.3 is 0 Å². The number of aliphatic hydroxyl groups excluding tert-OH is 1. The Kier molecular flexibility index (Phi) is 9.54. The van der Waals surface area contributed by atoms with Crippen molar-refractivity contribution in [2.45, 2.75) is 77.9 Å². The molecule has 176 valence electrons. The maximum atomic E-state index is 10.9. The van der Waals surface area contributed by atoms with Crippen molar-refractivity contribution < 1.29 is 24.1 Å². The van der Waals surface area contributed by atoms with E-state index in [-0.39, 0.29) is 0 Å². The summed E-state index contributed by atoms with van der Waals surface area (Å²) in [7, 11) is 0. The average Bonchev–Trinajstić information content (AvgIpc) is 2.80. The molecule has 0 aliphatic carbocycles. The van der Waals surface area contributed by atoms with Crippen molar-refractivity contribution in [2.24, 2.45) is 0 Å². The van der Waals surface area contributed by atoms with Crippen LogP contribution in [0.25, 0.3) is 0 Å². The Morgan fingerprint density at radius 1 is 0.844 bits per heavy atom. The molecule has 1 heterocycles. The van der Waals surface area contributed by atoms with Crippen LogP contribution in [0.2, 0.25) is 0 Å². The lowest BCUT2D eigenvalue weighted by Crippen LogP contribution is -2.30. The van der Waals surface area contributed by atoms with E-state index >= 15 is 0 Å². The Morgan fingerprint density at radius 3 is 2.00 bits per heavy atom. The molecule has 0 saturated carbocycles. The van der Waals surface area contributed by atoms with Gasteiger partial charge in [0.15, 0.2) is 17.6 Å². The third-order valence-corrected chi connectivity index (χ3v) is 5.63. The first-order valence-electron chi connectivity index (χ1n) is 12.2. The molecule has 0 bridgehead atoms. The number of fused-ring (bicyclic) bond motifs is 1. The fourth-order valence-electron chi connectivity index (χ4n) is 3.71. The number of hydrogen-bond acceptors (Lipinski definition) is 5. The minimum absolute atomic E-state index is 0.489. The second-order valence-corrected chi connectivity index (χ2v) is 8.37. The van der Waals surface area contributed by atoms with Crippen molar-refractivity contribution in [3.05, 3.63) is 47.5 Å². The summed E-state index contributed by atoms with van der Waals surface area (Å²) in [6.07, 6.45) is 5.44. The van der Waals surface area contributed by atoms with Gasteiger partial charge in [-0.15, -0.1) is 0 Å². The van der Waals surface area contributed by atoms with E-state index in [1.807, 2.05) is 36.4 Å². The lowest BCUT2D eigenvalue weighted by Gasteiger charge is -2.31. The van der Waals surface area contributed by atoms with Gasteiger partial charge in [0.2, 0.25) is 5.75 Å². The van der Waals surface area contributed by atoms with Gasteiger partial charge in [-0.05, 0) is 43.0 Å². The molecule has 0 amide bonds. The zero-order valence-electron chi connectivity index (χ0n) is 19.8. The van der Waals surface area contributed by atoms with E-state index in [1.54, 1.807) is 0 Å². The zero-order valence-corrected chi connectivity index (χ0v) is 19.8. The largest absolute Gasteiger partial charge is 0.490 e. The number of aliphatic hydroxyl groups is 1. The number of ether oxygens (including phenoxy) is 4. The summed E-state index contributed by atoms with van der Waals surface area (Å²) in [6.45, 7) is 8.25. The Balaban J connectivity index is 1.95. The summed E-state index contributed by atoms with van der Waals surface area (Å²) in [5.74, 6) is 2.79. The van der Waals surface area contributed by atoms with Crippen molar-refractivity contribution >= 4 is 0 Å². The van der Waals surface area contributed by atoms with Crippen LogP contribution in [0.15, 0.2) is 36.4 Å². The van der Waals surface area contributed by atoms with Crippen LogP contribution in [0.3, 0.4) is 0 Å². The first kappa shape index (κ1) is 24.2. The molecular weight excluding hydrogens is 404 g/mol.